The molecule has 0 amide bonds. The van der Waals surface area contributed by atoms with Crippen molar-refractivity contribution in [3.8, 4) is 0 Å². The van der Waals surface area contributed by atoms with Gasteiger partial charge in [-0.3, -0.25) is 14.4 Å². The summed E-state index contributed by atoms with van der Waals surface area (Å²) in [5.41, 5.74) is -2.39. The highest BCUT2D eigenvalue weighted by atomic mass is 16.6. The van der Waals surface area contributed by atoms with Gasteiger partial charge in [0.1, 0.15) is 0 Å². The first-order valence-corrected chi connectivity index (χ1v) is 4.83. The standard InChI is InChI=1S/C10H12O5/c1-9(2)5-3-4-10(9,7(12)13)8(14)15-6(5)11/h5H,3-4H2,1-2H3,(H,12,13). The lowest BCUT2D eigenvalue weighted by Crippen LogP contribution is -2.55. The predicted octanol–water partition coefficient (Wildman–Crippen LogP) is 0.577. The second-order valence-corrected chi connectivity index (χ2v) is 4.73. The van der Waals surface area contributed by atoms with Crippen LogP contribution >= 0.6 is 0 Å². The summed E-state index contributed by atoms with van der Waals surface area (Å²) in [6.07, 6.45) is 0.592. The van der Waals surface area contributed by atoms with Crippen molar-refractivity contribution in [2.24, 2.45) is 16.7 Å². The molecule has 1 aliphatic carbocycles. The van der Waals surface area contributed by atoms with Gasteiger partial charge in [-0.15, -0.1) is 0 Å². The van der Waals surface area contributed by atoms with Gasteiger partial charge in [0, 0.05) is 5.41 Å². The maximum atomic E-state index is 11.6. The number of carbonyl (C=O) groups excluding carboxylic acids is 2. The molecule has 0 aromatic heterocycles. The van der Waals surface area contributed by atoms with Gasteiger partial charge in [-0.25, -0.2) is 0 Å². The predicted molar refractivity (Wildman–Crippen MR) is 47.7 cm³/mol. The van der Waals surface area contributed by atoms with E-state index in [0.717, 1.165) is 0 Å². The van der Waals surface area contributed by atoms with Crippen LogP contribution in [0.3, 0.4) is 0 Å². The molecule has 1 N–H and O–H groups in total. The maximum Gasteiger partial charge on any atom is 0.331 e. The number of rotatable bonds is 1. The average molecular weight is 212 g/mol. The van der Waals surface area contributed by atoms with Gasteiger partial charge in [0.2, 0.25) is 0 Å². The summed E-state index contributed by atoms with van der Waals surface area (Å²) in [7, 11) is 0. The van der Waals surface area contributed by atoms with Crippen LogP contribution in [0.4, 0.5) is 0 Å². The van der Waals surface area contributed by atoms with Crippen LogP contribution in [-0.2, 0) is 19.1 Å². The van der Waals surface area contributed by atoms with Crippen LogP contribution in [0.2, 0.25) is 0 Å². The number of carboxylic acid groups (broad SMARTS) is 1. The van der Waals surface area contributed by atoms with Crippen LogP contribution < -0.4 is 0 Å². The molecule has 2 unspecified atom stereocenters. The quantitative estimate of drug-likeness (QED) is 0.508. The smallest absolute Gasteiger partial charge is 0.331 e. The lowest BCUT2D eigenvalue weighted by molar-refractivity contribution is -0.192. The Hall–Kier alpha value is -1.39. The lowest BCUT2D eigenvalue weighted by atomic mass is 9.63. The fourth-order valence-corrected chi connectivity index (χ4v) is 2.84. The first-order valence-electron chi connectivity index (χ1n) is 4.83. The van der Waals surface area contributed by atoms with E-state index in [9.17, 15) is 19.5 Å². The lowest BCUT2D eigenvalue weighted by Gasteiger charge is -2.41. The van der Waals surface area contributed by atoms with Crippen LogP contribution in [0.5, 0.6) is 0 Å². The average Bonchev–Trinajstić information content (AvgIpc) is 2.27. The fourth-order valence-electron chi connectivity index (χ4n) is 2.84. The van der Waals surface area contributed by atoms with E-state index < -0.39 is 34.7 Å². The molecule has 0 aromatic rings. The Morgan fingerprint density at radius 3 is 2.60 bits per heavy atom. The Morgan fingerprint density at radius 2 is 2.07 bits per heavy atom. The summed E-state index contributed by atoms with van der Waals surface area (Å²) in [4.78, 5) is 34.3. The first kappa shape index (κ1) is 10.1. The molecule has 2 rings (SSSR count). The van der Waals surface area contributed by atoms with Crippen LogP contribution in [-0.4, -0.2) is 23.0 Å². The van der Waals surface area contributed by atoms with Crippen molar-refractivity contribution in [1.29, 1.82) is 0 Å². The second-order valence-electron chi connectivity index (χ2n) is 4.73. The SMILES string of the molecule is CC1(C)C2CCC1(C(=O)O)C(=O)OC2=O. The Balaban J connectivity index is 2.60. The summed E-state index contributed by atoms with van der Waals surface area (Å²) in [5.74, 6) is -3.16. The van der Waals surface area contributed by atoms with Gasteiger partial charge in [-0.05, 0) is 12.8 Å². The molecule has 5 nitrogen and oxygen atoms in total. The van der Waals surface area contributed by atoms with E-state index in [1.807, 2.05) is 0 Å². The first-order chi connectivity index (χ1) is 6.84. The molecule has 2 fully saturated rings. The Bertz CT molecular complexity index is 370. The number of cyclic esters (lactones) is 2. The minimum absolute atomic E-state index is 0.185. The van der Waals surface area contributed by atoms with E-state index in [0.29, 0.717) is 6.42 Å². The fraction of sp³-hybridized carbons (Fsp3) is 0.700. The molecular weight excluding hydrogens is 200 g/mol. The molecule has 1 heterocycles. The number of ether oxygens (including phenoxy) is 1. The van der Waals surface area contributed by atoms with Crippen molar-refractivity contribution >= 4 is 17.9 Å². The van der Waals surface area contributed by atoms with Crippen molar-refractivity contribution in [3.63, 3.8) is 0 Å². The molecular formula is C10H12O5. The largest absolute Gasteiger partial charge is 0.480 e. The third kappa shape index (κ3) is 0.905. The molecule has 0 spiro atoms. The highest BCUT2D eigenvalue weighted by Gasteiger charge is 2.70. The van der Waals surface area contributed by atoms with E-state index in [2.05, 4.69) is 4.74 Å². The molecule has 2 atom stereocenters. The molecule has 0 aromatic carbocycles. The molecule has 2 bridgehead atoms. The van der Waals surface area contributed by atoms with Gasteiger partial charge in [0.15, 0.2) is 5.41 Å². The number of aliphatic carboxylic acids is 1. The summed E-state index contributed by atoms with van der Waals surface area (Å²) < 4.78 is 4.51. The number of hydrogen-bond acceptors (Lipinski definition) is 4. The summed E-state index contributed by atoms with van der Waals surface area (Å²) in [6.45, 7) is 3.30. The maximum absolute atomic E-state index is 11.6. The second kappa shape index (κ2) is 2.59. The van der Waals surface area contributed by atoms with Gasteiger partial charge in [-0.2, -0.15) is 0 Å². The van der Waals surface area contributed by atoms with Crippen LogP contribution in [0.25, 0.3) is 0 Å². The number of fused-ring (bicyclic) bond motifs is 2. The van der Waals surface area contributed by atoms with E-state index in [4.69, 9.17) is 0 Å². The number of carbonyl (C=O) groups is 3. The Morgan fingerprint density at radius 1 is 1.47 bits per heavy atom. The minimum Gasteiger partial charge on any atom is -0.480 e. The summed E-state index contributed by atoms with van der Waals surface area (Å²) in [5, 5.41) is 9.20. The highest BCUT2D eigenvalue weighted by Crippen LogP contribution is 2.59. The van der Waals surface area contributed by atoms with Crippen LogP contribution in [0, 0.1) is 16.7 Å². The number of hydrogen-bond donors (Lipinski definition) is 1. The van der Waals surface area contributed by atoms with Gasteiger partial charge >= 0.3 is 17.9 Å². The molecule has 5 heteroatoms. The monoisotopic (exact) mass is 212 g/mol. The number of esters is 2. The van der Waals surface area contributed by atoms with Gasteiger partial charge in [0.25, 0.3) is 0 Å². The van der Waals surface area contributed by atoms with Crippen molar-refractivity contribution in [3.05, 3.63) is 0 Å². The zero-order chi connectivity index (χ0) is 11.4. The summed E-state index contributed by atoms with van der Waals surface area (Å²) in [6, 6.07) is 0. The van der Waals surface area contributed by atoms with E-state index in [1.54, 1.807) is 13.8 Å². The molecule has 1 saturated carbocycles. The van der Waals surface area contributed by atoms with E-state index in [-0.39, 0.29) is 6.42 Å². The molecule has 0 radical (unpaired) electrons. The zero-order valence-corrected chi connectivity index (χ0v) is 8.57. The Labute approximate surface area is 86.4 Å². The van der Waals surface area contributed by atoms with Gasteiger partial charge in [0.05, 0.1) is 5.92 Å². The third-order valence-electron chi connectivity index (χ3n) is 3.97. The Kier molecular flexibility index (Phi) is 1.75. The van der Waals surface area contributed by atoms with E-state index in [1.165, 1.54) is 0 Å². The topological polar surface area (TPSA) is 80.7 Å². The van der Waals surface area contributed by atoms with Gasteiger partial charge in [-0.1, -0.05) is 13.8 Å². The normalized spacial score (nSPS) is 37.6. The molecule has 82 valence electrons. The molecule has 1 saturated heterocycles. The zero-order valence-electron chi connectivity index (χ0n) is 8.57. The van der Waals surface area contributed by atoms with Crippen molar-refractivity contribution < 1.29 is 24.2 Å². The third-order valence-corrected chi connectivity index (χ3v) is 3.97. The molecule has 1 aliphatic heterocycles. The van der Waals surface area contributed by atoms with E-state index >= 15 is 0 Å². The van der Waals surface area contributed by atoms with Crippen molar-refractivity contribution in [2.45, 2.75) is 26.7 Å². The van der Waals surface area contributed by atoms with Crippen LogP contribution in [0.1, 0.15) is 26.7 Å². The summed E-state index contributed by atoms with van der Waals surface area (Å²) >= 11 is 0. The van der Waals surface area contributed by atoms with Crippen molar-refractivity contribution in [1.82, 2.24) is 0 Å². The minimum atomic E-state index is -1.54. The van der Waals surface area contributed by atoms with Crippen molar-refractivity contribution in [2.75, 3.05) is 0 Å². The van der Waals surface area contributed by atoms with Gasteiger partial charge < -0.3 is 9.84 Å². The highest BCUT2D eigenvalue weighted by molar-refractivity contribution is 6.07. The molecule has 15 heavy (non-hydrogen) atoms. The molecule has 2 aliphatic rings. The van der Waals surface area contributed by atoms with Crippen LogP contribution in [0.15, 0.2) is 0 Å². The number of carboxylic acids is 1.